The first kappa shape index (κ1) is 16.5. The van der Waals surface area contributed by atoms with Gasteiger partial charge in [0.2, 0.25) is 5.88 Å². The quantitative estimate of drug-likeness (QED) is 0.833. The van der Waals surface area contributed by atoms with Gasteiger partial charge in [-0.2, -0.15) is 13.2 Å². The molecule has 1 aromatic rings. The van der Waals surface area contributed by atoms with Crippen LogP contribution in [0, 0.1) is 0 Å². The lowest BCUT2D eigenvalue weighted by atomic mass is 10.0. The summed E-state index contributed by atoms with van der Waals surface area (Å²) in [5.41, 5.74) is -0.999. The van der Waals surface area contributed by atoms with Crippen molar-refractivity contribution in [2.45, 2.75) is 57.2 Å². The highest BCUT2D eigenvalue weighted by Crippen LogP contribution is 2.37. The third kappa shape index (κ3) is 3.44. The number of ether oxygens (including phenoxy) is 4. The van der Waals surface area contributed by atoms with Crippen LogP contribution >= 0.6 is 0 Å². The summed E-state index contributed by atoms with van der Waals surface area (Å²) in [5.74, 6) is -0.907. The molecule has 1 aromatic heterocycles. The molecule has 4 atom stereocenters. The Bertz CT molecular complexity index is 578. The Kier molecular flexibility index (Phi) is 4.02. The van der Waals surface area contributed by atoms with Gasteiger partial charge in [-0.1, -0.05) is 6.07 Å². The molecule has 0 spiro atoms. The number of pyridine rings is 1. The van der Waals surface area contributed by atoms with Gasteiger partial charge in [-0.15, -0.1) is 0 Å². The standard InChI is InChI=1S/C15H18F3NO4/c1-8-12-13(23-14(2,3)22-12)9(7-20-8)21-11-6-4-5-10(19-11)15(16,17)18/h4-6,8-9,12-13H,7H2,1-3H3/t8-,9+,12?,13-/m1/s1. The molecule has 128 valence electrons. The Hall–Kier alpha value is -1.38. The van der Waals surface area contributed by atoms with Gasteiger partial charge in [-0.3, -0.25) is 0 Å². The van der Waals surface area contributed by atoms with E-state index in [9.17, 15) is 13.2 Å². The molecule has 2 aliphatic heterocycles. The first-order valence-electron chi connectivity index (χ1n) is 7.34. The van der Waals surface area contributed by atoms with E-state index in [2.05, 4.69) is 4.98 Å². The molecular formula is C15H18F3NO4. The van der Waals surface area contributed by atoms with Gasteiger partial charge in [0.15, 0.2) is 11.9 Å². The monoisotopic (exact) mass is 333 g/mol. The first-order chi connectivity index (χ1) is 10.7. The van der Waals surface area contributed by atoms with Crippen LogP contribution in [-0.2, 0) is 20.4 Å². The molecule has 0 aromatic carbocycles. The molecule has 0 saturated carbocycles. The molecule has 0 radical (unpaired) electrons. The molecule has 5 nitrogen and oxygen atoms in total. The van der Waals surface area contributed by atoms with E-state index in [0.717, 1.165) is 6.07 Å². The maximum absolute atomic E-state index is 12.7. The lowest BCUT2D eigenvalue weighted by Crippen LogP contribution is -2.52. The molecule has 0 aliphatic carbocycles. The van der Waals surface area contributed by atoms with E-state index in [0.29, 0.717) is 0 Å². The van der Waals surface area contributed by atoms with Crippen LogP contribution in [0.1, 0.15) is 26.5 Å². The van der Waals surface area contributed by atoms with Crippen molar-refractivity contribution in [2.75, 3.05) is 6.61 Å². The van der Waals surface area contributed by atoms with Crippen LogP contribution in [-0.4, -0.2) is 41.8 Å². The number of nitrogens with zero attached hydrogens (tertiary/aromatic N) is 1. The predicted molar refractivity (Wildman–Crippen MR) is 72.9 cm³/mol. The second kappa shape index (κ2) is 5.61. The van der Waals surface area contributed by atoms with Gasteiger partial charge in [0, 0.05) is 6.07 Å². The summed E-state index contributed by atoms with van der Waals surface area (Å²) >= 11 is 0. The number of hydrogen-bond acceptors (Lipinski definition) is 5. The Balaban J connectivity index is 1.78. The molecule has 3 heterocycles. The van der Waals surface area contributed by atoms with Gasteiger partial charge < -0.3 is 18.9 Å². The summed E-state index contributed by atoms with van der Waals surface area (Å²) in [7, 11) is 0. The zero-order valence-corrected chi connectivity index (χ0v) is 13.0. The van der Waals surface area contributed by atoms with Gasteiger partial charge >= 0.3 is 6.18 Å². The molecule has 1 unspecified atom stereocenters. The third-order valence-corrected chi connectivity index (χ3v) is 3.80. The number of alkyl halides is 3. The van der Waals surface area contributed by atoms with E-state index in [1.807, 2.05) is 6.92 Å². The van der Waals surface area contributed by atoms with Crippen LogP contribution in [0.25, 0.3) is 0 Å². The molecule has 23 heavy (non-hydrogen) atoms. The highest BCUT2D eigenvalue weighted by molar-refractivity contribution is 5.18. The highest BCUT2D eigenvalue weighted by Gasteiger charge is 2.51. The third-order valence-electron chi connectivity index (χ3n) is 3.80. The van der Waals surface area contributed by atoms with E-state index in [1.54, 1.807) is 13.8 Å². The SMILES string of the molecule is C[C@H]1OC[C@H](Oc2cccc(C(F)(F)F)n2)[C@H]2OC(C)(C)OC12. The average molecular weight is 333 g/mol. The van der Waals surface area contributed by atoms with Crippen molar-refractivity contribution in [3.05, 3.63) is 23.9 Å². The summed E-state index contributed by atoms with van der Waals surface area (Å²) in [5, 5.41) is 0. The lowest BCUT2D eigenvalue weighted by molar-refractivity contribution is -0.152. The smallest absolute Gasteiger partial charge is 0.433 e. The van der Waals surface area contributed by atoms with Gasteiger partial charge in [0.05, 0.1) is 12.7 Å². The summed E-state index contributed by atoms with van der Waals surface area (Å²) in [6.07, 6.45) is -6.06. The summed E-state index contributed by atoms with van der Waals surface area (Å²) in [4.78, 5) is 3.51. The molecule has 3 rings (SSSR count). The van der Waals surface area contributed by atoms with Crippen LogP contribution in [0.3, 0.4) is 0 Å². The van der Waals surface area contributed by atoms with Crippen molar-refractivity contribution in [1.29, 1.82) is 0 Å². The van der Waals surface area contributed by atoms with E-state index in [-0.39, 0.29) is 24.7 Å². The zero-order chi connectivity index (χ0) is 16.8. The fourth-order valence-electron chi connectivity index (χ4n) is 2.80. The number of aromatic nitrogens is 1. The number of rotatable bonds is 2. The van der Waals surface area contributed by atoms with Crippen LogP contribution in [0.2, 0.25) is 0 Å². The minimum absolute atomic E-state index is 0.116. The fraction of sp³-hybridized carbons (Fsp3) is 0.667. The fourth-order valence-corrected chi connectivity index (χ4v) is 2.80. The van der Waals surface area contributed by atoms with Crippen LogP contribution in [0.4, 0.5) is 13.2 Å². The van der Waals surface area contributed by atoms with Crippen LogP contribution in [0.15, 0.2) is 18.2 Å². The largest absolute Gasteiger partial charge is 0.469 e. The second-order valence-corrected chi connectivity index (χ2v) is 6.12. The number of halogens is 3. The van der Waals surface area contributed by atoms with E-state index in [1.165, 1.54) is 12.1 Å². The molecule has 8 heteroatoms. The Labute approximate surface area is 131 Å². The van der Waals surface area contributed by atoms with Gasteiger partial charge in [0.25, 0.3) is 0 Å². The van der Waals surface area contributed by atoms with Crippen molar-refractivity contribution in [3.8, 4) is 5.88 Å². The Morgan fingerprint density at radius 3 is 2.61 bits per heavy atom. The maximum atomic E-state index is 12.7. The van der Waals surface area contributed by atoms with Crippen molar-refractivity contribution in [2.24, 2.45) is 0 Å². The van der Waals surface area contributed by atoms with Gasteiger partial charge in [-0.05, 0) is 26.8 Å². The van der Waals surface area contributed by atoms with E-state index >= 15 is 0 Å². The Morgan fingerprint density at radius 2 is 1.91 bits per heavy atom. The Morgan fingerprint density at radius 1 is 1.22 bits per heavy atom. The van der Waals surface area contributed by atoms with Crippen LogP contribution in [0.5, 0.6) is 5.88 Å². The first-order valence-corrected chi connectivity index (χ1v) is 7.34. The zero-order valence-electron chi connectivity index (χ0n) is 13.0. The summed E-state index contributed by atoms with van der Waals surface area (Å²) in [6.45, 7) is 5.61. The normalized spacial score (nSPS) is 33.3. The lowest BCUT2D eigenvalue weighted by Gasteiger charge is -2.35. The van der Waals surface area contributed by atoms with E-state index in [4.69, 9.17) is 18.9 Å². The van der Waals surface area contributed by atoms with Crippen molar-refractivity contribution < 1.29 is 32.1 Å². The average Bonchev–Trinajstić information content (AvgIpc) is 2.78. The molecule has 2 fully saturated rings. The summed E-state index contributed by atoms with van der Waals surface area (Å²) < 4.78 is 61.0. The minimum Gasteiger partial charge on any atom is -0.469 e. The molecule has 0 N–H and O–H groups in total. The number of fused-ring (bicyclic) bond motifs is 1. The van der Waals surface area contributed by atoms with Gasteiger partial charge in [0.1, 0.15) is 17.9 Å². The molecule has 2 saturated heterocycles. The van der Waals surface area contributed by atoms with Crippen LogP contribution < -0.4 is 4.74 Å². The minimum atomic E-state index is -4.52. The maximum Gasteiger partial charge on any atom is 0.433 e. The summed E-state index contributed by atoms with van der Waals surface area (Å²) in [6, 6.07) is 3.53. The molecular weight excluding hydrogens is 315 g/mol. The molecule has 0 amide bonds. The van der Waals surface area contributed by atoms with Crippen molar-refractivity contribution in [1.82, 2.24) is 4.98 Å². The highest BCUT2D eigenvalue weighted by atomic mass is 19.4. The van der Waals surface area contributed by atoms with Crippen molar-refractivity contribution in [3.63, 3.8) is 0 Å². The molecule has 2 aliphatic rings. The van der Waals surface area contributed by atoms with Crippen molar-refractivity contribution >= 4 is 0 Å². The topological polar surface area (TPSA) is 49.8 Å². The van der Waals surface area contributed by atoms with Gasteiger partial charge in [-0.25, -0.2) is 4.98 Å². The second-order valence-electron chi connectivity index (χ2n) is 6.12. The molecule has 0 bridgehead atoms. The predicted octanol–water partition coefficient (Wildman–Crippen LogP) is 2.79. The van der Waals surface area contributed by atoms with E-state index < -0.39 is 29.9 Å². The number of hydrogen-bond donors (Lipinski definition) is 0.